The summed E-state index contributed by atoms with van der Waals surface area (Å²) < 4.78 is 13.3. The normalized spacial score (nSPS) is 16.4. The van der Waals surface area contributed by atoms with Crippen molar-refractivity contribution in [3.63, 3.8) is 0 Å². The highest BCUT2D eigenvalue weighted by Crippen LogP contribution is 2.24. The number of amides is 3. The maximum atomic E-state index is 13.3. The molecule has 0 spiro atoms. The lowest BCUT2D eigenvalue weighted by Gasteiger charge is -2.35. The summed E-state index contributed by atoms with van der Waals surface area (Å²) in [5, 5.41) is 5.69. The molecule has 1 fully saturated rings. The molecule has 0 saturated carbocycles. The van der Waals surface area contributed by atoms with Crippen molar-refractivity contribution in [2.75, 3.05) is 18.4 Å². The fraction of sp³-hybridized carbons (Fsp3) is 0.400. The van der Waals surface area contributed by atoms with Gasteiger partial charge in [-0.1, -0.05) is 39.0 Å². The van der Waals surface area contributed by atoms with Gasteiger partial charge >= 0.3 is 0 Å². The van der Waals surface area contributed by atoms with Crippen LogP contribution in [0.4, 0.5) is 10.1 Å². The number of nitrogens with one attached hydrogen (secondary N) is 2. The van der Waals surface area contributed by atoms with Crippen LogP contribution in [0.1, 0.15) is 49.5 Å². The van der Waals surface area contributed by atoms with Crippen LogP contribution < -0.4 is 10.6 Å². The first kappa shape index (κ1) is 23.4. The average molecular weight is 440 g/mol. The molecule has 3 amide bonds. The third kappa shape index (κ3) is 6.15. The molecule has 2 aromatic rings. The van der Waals surface area contributed by atoms with Crippen molar-refractivity contribution in [3.8, 4) is 0 Å². The van der Waals surface area contributed by atoms with Crippen LogP contribution in [-0.4, -0.2) is 35.7 Å². The van der Waals surface area contributed by atoms with Gasteiger partial charge in [-0.3, -0.25) is 14.4 Å². The van der Waals surface area contributed by atoms with Crippen molar-refractivity contribution in [1.82, 2.24) is 10.2 Å². The lowest BCUT2D eigenvalue weighted by molar-refractivity contribution is -0.142. The first-order valence-corrected chi connectivity index (χ1v) is 10.9. The third-order valence-corrected chi connectivity index (χ3v) is 5.46. The quantitative estimate of drug-likeness (QED) is 0.740. The molecule has 6 nitrogen and oxygen atoms in total. The van der Waals surface area contributed by atoms with Gasteiger partial charge in [0.15, 0.2) is 0 Å². The summed E-state index contributed by atoms with van der Waals surface area (Å²) in [6.07, 6.45) is 1.56. The largest absolute Gasteiger partial charge is 0.352 e. The Balaban J connectivity index is 1.56. The Morgan fingerprint density at radius 1 is 1.09 bits per heavy atom. The molecule has 1 unspecified atom stereocenters. The van der Waals surface area contributed by atoms with Crippen LogP contribution in [0.3, 0.4) is 0 Å². The monoisotopic (exact) mass is 439 g/mol. The molecule has 1 saturated heterocycles. The number of hydrogen-bond acceptors (Lipinski definition) is 3. The highest BCUT2D eigenvalue weighted by atomic mass is 19.1. The molecule has 2 N–H and O–H groups in total. The second-order valence-electron chi connectivity index (χ2n) is 9.22. The van der Waals surface area contributed by atoms with E-state index in [0.29, 0.717) is 25.3 Å². The number of likely N-dealkylation sites (tertiary alicyclic amines) is 1. The number of anilines is 1. The summed E-state index contributed by atoms with van der Waals surface area (Å²) in [6, 6.07) is 12.6. The van der Waals surface area contributed by atoms with Crippen LogP contribution in [-0.2, 0) is 16.1 Å². The zero-order valence-electron chi connectivity index (χ0n) is 18.8. The minimum atomic E-state index is -0.473. The number of piperidine rings is 1. The Kier molecular flexibility index (Phi) is 7.28. The van der Waals surface area contributed by atoms with Gasteiger partial charge in [0.05, 0.1) is 5.92 Å². The molecule has 7 heteroatoms. The topological polar surface area (TPSA) is 78.5 Å². The summed E-state index contributed by atoms with van der Waals surface area (Å²) in [4.78, 5) is 39.4. The Labute approximate surface area is 188 Å². The van der Waals surface area contributed by atoms with Gasteiger partial charge in [0.25, 0.3) is 5.91 Å². The van der Waals surface area contributed by atoms with Gasteiger partial charge in [-0.25, -0.2) is 4.39 Å². The lowest BCUT2D eigenvalue weighted by atomic mass is 9.91. The summed E-state index contributed by atoms with van der Waals surface area (Å²) in [5.41, 5.74) is 1.16. The maximum Gasteiger partial charge on any atom is 0.255 e. The average Bonchev–Trinajstić information content (AvgIpc) is 2.76. The summed E-state index contributed by atoms with van der Waals surface area (Å²) in [6.45, 7) is 7.10. The van der Waals surface area contributed by atoms with Crippen molar-refractivity contribution >= 4 is 23.4 Å². The number of rotatable bonds is 5. The molecule has 2 aromatic carbocycles. The molecule has 1 aliphatic heterocycles. The zero-order chi connectivity index (χ0) is 23.3. The van der Waals surface area contributed by atoms with Gasteiger partial charge in [-0.2, -0.15) is 0 Å². The molecule has 0 bridgehead atoms. The summed E-state index contributed by atoms with van der Waals surface area (Å²) in [7, 11) is 0. The standard InChI is InChI=1S/C25H30FN3O3/c1-25(2,3)24(32)29-12-6-9-19(16-29)22(30)27-15-17-7-4-11-21(13-17)28-23(31)18-8-5-10-20(26)14-18/h4-5,7-8,10-11,13-14,19H,6,9,12,15-16H2,1-3H3,(H,27,30)(H,28,31). The number of benzene rings is 2. The highest BCUT2D eigenvalue weighted by molar-refractivity contribution is 6.04. The van der Waals surface area contributed by atoms with Crippen molar-refractivity contribution in [1.29, 1.82) is 0 Å². The van der Waals surface area contributed by atoms with E-state index in [2.05, 4.69) is 10.6 Å². The Morgan fingerprint density at radius 2 is 1.84 bits per heavy atom. The Morgan fingerprint density at radius 3 is 2.56 bits per heavy atom. The fourth-order valence-electron chi connectivity index (χ4n) is 3.78. The third-order valence-electron chi connectivity index (χ3n) is 5.46. The smallest absolute Gasteiger partial charge is 0.255 e. The van der Waals surface area contributed by atoms with E-state index >= 15 is 0 Å². The SMILES string of the molecule is CC(C)(C)C(=O)N1CCCC(C(=O)NCc2cccc(NC(=O)c3cccc(F)c3)c2)C1. The maximum absolute atomic E-state index is 13.3. The molecule has 1 aliphatic rings. The second kappa shape index (κ2) is 9.94. The van der Waals surface area contributed by atoms with Gasteiger partial charge in [-0.15, -0.1) is 0 Å². The molecular weight excluding hydrogens is 409 g/mol. The van der Waals surface area contributed by atoms with Crippen LogP contribution in [0.2, 0.25) is 0 Å². The van der Waals surface area contributed by atoms with Crippen LogP contribution in [0.5, 0.6) is 0 Å². The summed E-state index contributed by atoms with van der Waals surface area (Å²) in [5.74, 6) is -1.12. The van der Waals surface area contributed by atoms with E-state index in [9.17, 15) is 18.8 Å². The molecule has 170 valence electrons. The van der Waals surface area contributed by atoms with Gasteiger partial charge < -0.3 is 15.5 Å². The van der Waals surface area contributed by atoms with Crippen LogP contribution >= 0.6 is 0 Å². The molecule has 0 aromatic heterocycles. The molecule has 1 heterocycles. The number of carbonyl (C=O) groups excluding carboxylic acids is 3. The van der Waals surface area contributed by atoms with E-state index < -0.39 is 17.1 Å². The van der Waals surface area contributed by atoms with Crippen LogP contribution in [0, 0.1) is 17.2 Å². The predicted octanol–water partition coefficient (Wildman–Crippen LogP) is 3.98. The zero-order valence-corrected chi connectivity index (χ0v) is 18.8. The van der Waals surface area contributed by atoms with E-state index in [1.807, 2.05) is 26.8 Å². The minimum Gasteiger partial charge on any atom is -0.352 e. The first-order chi connectivity index (χ1) is 15.1. The van der Waals surface area contributed by atoms with Crippen molar-refractivity contribution in [3.05, 3.63) is 65.5 Å². The van der Waals surface area contributed by atoms with E-state index in [1.165, 1.54) is 18.2 Å². The van der Waals surface area contributed by atoms with Crippen LogP contribution in [0.25, 0.3) is 0 Å². The van der Waals surface area contributed by atoms with Gasteiger partial charge in [-0.05, 0) is 48.7 Å². The van der Waals surface area contributed by atoms with E-state index in [-0.39, 0.29) is 23.3 Å². The van der Waals surface area contributed by atoms with Crippen molar-refractivity contribution < 1.29 is 18.8 Å². The highest BCUT2D eigenvalue weighted by Gasteiger charge is 2.33. The Bertz CT molecular complexity index is 1000. The van der Waals surface area contributed by atoms with Gasteiger partial charge in [0.2, 0.25) is 11.8 Å². The molecule has 0 aliphatic carbocycles. The van der Waals surface area contributed by atoms with Crippen LogP contribution in [0.15, 0.2) is 48.5 Å². The molecule has 0 radical (unpaired) electrons. The first-order valence-electron chi connectivity index (χ1n) is 10.9. The summed E-state index contributed by atoms with van der Waals surface area (Å²) >= 11 is 0. The lowest BCUT2D eigenvalue weighted by Crippen LogP contribution is -2.48. The molecule has 3 rings (SSSR count). The van der Waals surface area contributed by atoms with Gasteiger partial charge in [0, 0.05) is 36.3 Å². The van der Waals surface area contributed by atoms with Crippen molar-refractivity contribution in [2.45, 2.75) is 40.2 Å². The minimum absolute atomic E-state index is 0.0664. The molecule has 1 atom stereocenters. The fourth-order valence-corrected chi connectivity index (χ4v) is 3.78. The Hall–Kier alpha value is -3.22. The predicted molar refractivity (Wildman–Crippen MR) is 121 cm³/mol. The molecule has 32 heavy (non-hydrogen) atoms. The number of nitrogens with zero attached hydrogens (tertiary/aromatic N) is 1. The van der Waals surface area contributed by atoms with Gasteiger partial charge in [0.1, 0.15) is 5.82 Å². The van der Waals surface area contributed by atoms with E-state index in [4.69, 9.17) is 0 Å². The van der Waals surface area contributed by atoms with Crippen molar-refractivity contribution in [2.24, 2.45) is 11.3 Å². The van der Waals surface area contributed by atoms with E-state index in [1.54, 1.807) is 29.2 Å². The molecular formula is C25H30FN3O3. The number of hydrogen-bond donors (Lipinski definition) is 2. The second-order valence-corrected chi connectivity index (χ2v) is 9.22. The number of halogens is 1. The van der Waals surface area contributed by atoms with E-state index in [0.717, 1.165) is 18.4 Å². The number of carbonyl (C=O) groups is 3.